The molecule has 6 aliphatic rings. The first-order chi connectivity index (χ1) is 45.7. The summed E-state index contributed by atoms with van der Waals surface area (Å²) in [6.45, 7) is 6.16. The highest BCUT2D eigenvalue weighted by molar-refractivity contribution is 7.89. The van der Waals surface area contributed by atoms with E-state index >= 15 is 0 Å². The number of aryl methyl sites for hydroxylation is 2. The Kier molecular flexibility index (Phi) is 28.1. The predicted octanol–water partition coefficient (Wildman–Crippen LogP) is 9.58. The number of sulfonamides is 2. The minimum Gasteiger partial charge on any atom is -0.443 e. The molecule has 0 spiro atoms. The van der Waals surface area contributed by atoms with Crippen molar-refractivity contribution in [2.45, 2.75) is 189 Å². The van der Waals surface area contributed by atoms with Gasteiger partial charge in [0.15, 0.2) is 12.6 Å². The number of hydroxylamine groups is 2. The molecule has 10 atom stereocenters. The summed E-state index contributed by atoms with van der Waals surface area (Å²) in [7, 11) is -8.11. The van der Waals surface area contributed by atoms with E-state index < -0.39 is 67.6 Å². The van der Waals surface area contributed by atoms with E-state index in [2.05, 4.69) is 10.6 Å². The topological polar surface area (TPSA) is 317 Å². The Hall–Kier alpha value is -6.99. The fourth-order valence-corrected chi connectivity index (χ4v) is 14.7. The third kappa shape index (κ3) is 21.5. The van der Waals surface area contributed by atoms with Crippen molar-refractivity contribution in [1.82, 2.24) is 19.6 Å². The highest BCUT2D eigenvalue weighted by Gasteiger charge is 2.46. The van der Waals surface area contributed by atoms with Crippen LogP contribution in [0.15, 0.2) is 143 Å². The van der Waals surface area contributed by atoms with E-state index in [-0.39, 0.29) is 110 Å². The second-order valence-corrected chi connectivity index (χ2v) is 28.3. The fraction of sp³-hybridized carbons (Fsp3) is 0.522. The molecule has 0 aromatic heterocycles. The number of rotatable bonds is 24. The Morgan fingerprint density at radius 1 is 0.573 bits per heavy atom. The molecule has 2 saturated carbocycles. The van der Waals surface area contributed by atoms with Gasteiger partial charge in [-0.15, -0.1) is 0 Å². The molecule has 0 bridgehead atoms. The van der Waals surface area contributed by atoms with Crippen LogP contribution in [0.4, 0.5) is 15.3 Å². The summed E-state index contributed by atoms with van der Waals surface area (Å²) in [6, 6.07) is 35.6. The van der Waals surface area contributed by atoms with Crippen LogP contribution in [-0.2, 0) is 75.8 Å². The second kappa shape index (κ2) is 36.0. The lowest BCUT2D eigenvalue weighted by Crippen LogP contribution is -2.51. The zero-order valence-corrected chi connectivity index (χ0v) is 55.3. The number of ether oxygens (including phenoxy) is 7. The van der Waals surface area contributed by atoms with Gasteiger partial charge in [-0.05, 0) is 113 Å². The Morgan fingerprint density at radius 2 is 0.990 bits per heavy atom. The lowest BCUT2D eigenvalue weighted by atomic mass is 9.98. The van der Waals surface area contributed by atoms with Gasteiger partial charge >= 0.3 is 12.2 Å². The molecule has 4 heterocycles. The van der Waals surface area contributed by atoms with E-state index in [9.17, 15) is 51.5 Å². The normalized spacial score (nSPS) is 22.3. The van der Waals surface area contributed by atoms with Crippen molar-refractivity contribution >= 4 is 43.9 Å². The van der Waals surface area contributed by atoms with Crippen molar-refractivity contribution in [1.29, 1.82) is 0 Å². The van der Waals surface area contributed by atoms with E-state index in [4.69, 9.17) is 42.8 Å². The van der Waals surface area contributed by atoms with Crippen molar-refractivity contribution in [3.05, 3.63) is 166 Å². The number of non-ortho nitro benzene ring substituents is 1. The van der Waals surface area contributed by atoms with E-state index in [1.807, 2.05) is 74.5 Å². The zero-order valence-electron chi connectivity index (χ0n) is 53.7. The molecule has 5 aromatic carbocycles. The Balaban J connectivity index is 0.000000192. The molecular weight excluding hydrogens is 1280 g/mol. The highest BCUT2D eigenvalue weighted by Crippen LogP contribution is 2.35. The standard InChI is InChI=1S/C30H40N2O8S.C25H34N2O5S.C13H13NO7.CH4/c1-21-12-14-24(15-13-21)41(35,36)32(40-23-10-6-3-7-11-23)19-27(33)26(18-22-8-4-2-5-9-22)31-30(34)39-28-20-38-29-25(28)16-17-37-29;1-19-13-15-23(16-14-19)33(30,31)27(32-22-11-7-4-8-12-22)18-25(29)24(26-20(2)28)17-21-9-5-3-6-10-21;15-13(20-9-3-1-8(2-4-9)14(16)17)21-11-7-19-12-10(11)5-6-18-12;/h2,4-5,8-9,12-15,23,25-29,33H,3,6-7,10-11,16-20H2,1H3,(H,31,34);3,5-6,9-10,13-16,22,24-25,29H,4,7-8,11-12,17-18H2,1-2H3,(H,26,28);1-4,10-12H,5-7H2;1H4/t25-,26-,27+,28-,29+;24-,25+;10-,11-,12+;/m000./s1. The molecule has 4 N–H and O–H groups in total. The molecule has 4 aliphatic heterocycles. The van der Waals surface area contributed by atoms with Gasteiger partial charge in [-0.2, -0.15) is 0 Å². The Bertz CT molecular complexity index is 3480. The van der Waals surface area contributed by atoms with E-state index in [1.165, 1.54) is 43.3 Å². The molecular formula is C69H91N5O20S2. The Morgan fingerprint density at radius 3 is 1.41 bits per heavy atom. The minimum absolute atomic E-state index is 0. The van der Waals surface area contributed by atoms with Gasteiger partial charge in [-0.3, -0.25) is 24.6 Å². The number of hydrogen-bond acceptors (Lipinski definition) is 20. The first-order valence-corrected chi connectivity index (χ1v) is 35.4. The number of hydrogen-bond donors (Lipinski definition) is 4. The number of fused-ring (bicyclic) bond motifs is 2. The molecule has 0 radical (unpaired) electrons. The number of nitrogens with zero attached hydrogens (tertiary/aromatic N) is 3. The van der Waals surface area contributed by atoms with Crippen LogP contribution in [0.25, 0.3) is 0 Å². The minimum atomic E-state index is -4.10. The molecule has 96 heavy (non-hydrogen) atoms. The first-order valence-electron chi connectivity index (χ1n) is 32.5. The van der Waals surface area contributed by atoms with Gasteiger partial charge in [0.2, 0.25) is 5.91 Å². The maximum atomic E-state index is 13.7. The average Bonchev–Trinajstić information content (AvgIpc) is 0.962. The van der Waals surface area contributed by atoms with Gasteiger partial charge in [0.25, 0.3) is 25.7 Å². The van der Waals surface area contributed by atoms with Crippen molar-refractivity contribution in [2.24, 2.45) is 11.8 Å². The van der Waals surface area contributed by atoms with Gasteiger partial charge in [-0.1, -0.05) is 151 Å². The summed E-state index contributed by atoms with van der Waals surface area (Å²) in [5.74, 6) is -0.105. The van der Waals surface area contributed by atoms with Gasteiger partial charge in [0, 0.05) is 19.1 Å². The number of nitrogens with one attached hydrogen (secondary N) is 2. The zero-order chi connectivity index (χ0) is 67.5. The molecule has 2 amide bonds. The SMILES string of the molecule is C.CC(=O)N[C@@H](Cc1ccccc1)[C@H](O)CN(OC1CCCCC1)S(=O)(=O)c1ccc(C)cc1.Cc1ccc(S(=O)(=O)N(C[C@@H](O)[C@H](Cc2ccccc2)NC(=O)O[C@H]2CO[C@H]3OCC[C@H]32)OC2CCCCC2)cc1.O=C(Oc1ccc([N+](=O)[O-])cc1)O[C@H]1CO[C@H]2OCC[C@H]21. The number of nitro benzene ring substituents is 1. The number of alkyl carbamates (subject to hydrolysis) is 1. The van der Waals surface area contributed by atoms with Crippen molar-refractivity contribution in [3.8, 4) is 5.75 Å². The molecule has 4 saturated heterocycles. The number of aliphatic hydroxyl groups is 2. The van der Waals surface area contributed by atoms with E-state index in [0.29, 0.717) is 19.6 Å². The van der Waals surface area contributed by atoms with Crippen LogP contribution in [0.5, 0.6) is 5.75 Å². The first kappa shape index (κ1) is 74.8. The highest BCUT2D eigenvalue weighted by atomic mass is 32.2. The van der Waals surface area contributed by atoms with Gasteiger partial charge in [0.1, 0.15) is 18.0 Å². The van der Waals surface area contributed by atoms with Crippen LogP contribution in [-0.4, -0.2) is 160 Å². The lowest BCUT2D eigenvalue weighted by molar-refractivity contribution is -0.384. The molecule has 27 heteroatoms. The van der Waals surface area contributed by atoms with E-state index in [0.717, 1.165) is 108 Å². The van der Waals surface area contributed by atoms with Crippen LogP contribution in [0, 0.1) is 35.8 Å². The van der Waals surface area contributed by atoms with Crippen LogP contribution in [0.2, 0.25) is 0 Å². The monoisotopic (exact) mass is 1370 g/mol. The van der Waals surface area contributed by atoms with Gasteiger partial charge < -0.3 is 54.0 Å². The molecule has 0 unspecified atom stereocenters. The summed E-state index contributed by atoms with van der Waals surface area (Å²) < 4.78 is 93.9. The Labute approximate surface area is 562 Å². The summed E-state index contributed by atoms with van der Waals surface area (Å²) in [5, 5.41) is 38.6. The van der Waals surface area contributed by atoms with Crippen LogP contribution in [0.3, 0.4) is 0 Å². The third-order valence-corrected chi connectivity index (χ3v) is 20.7. The quantitative estimate of drug-likeness (QED) is 0.0193. The molecule has 2 aliphatic carbocycles. The number of nitro groups is 1. The van der Waals surface area contributed by atoms with Gasteiger partial charge in [-0.25, -0.2) is 26.4 Å². The average molecular weight is 1370 g/mol. The maximum Gasteiger partial charge on any atom is 0.514 e. The molecule has 11 rings (SSSR count). The molecule has 25 nitrogen and oxygen atoms in total. The summed E-state index contributed by atoms with van der Waals surface area (Å²) in [6.07, 6.45) is 5.19. The number of carbonyl (C=O) groups excluding carboxylic acids is 3. The molecule has 524 valence electrons. The predicted molar refractivity (Wildman–Crippen MR) is 351 cm³/mol. The number of carbonyl (C=O) groups is 3. The number of amides is 2. The number of benzene rings is 5. The van der Waals surface area contributed by atoms with Gasteiger partial charge in [0.05, 0.1) is 103 Å². The maximum absolute atomic E-state index is 13.7. The largest absolute Gasteiger partial charge is 0.514 e. The van der Waals surface area contributed by atoms with Crippen molar-refractivity contribution in [2.75, 3.05) is 39.5 Å². The van der Waals surface area contributed by atoms with Crippen molar-refractivity contribution < 1.29 is 89.2 Å². The van der Waals surface area contributed by atoms with E-state index in [1.54, 1.807) is 36.4 Å². The van der Waals surface area contributed by atoms with Crippen LogP contribution < -0.4 is 15.4 Å². The van der Waals surface area contributed by atoms with Crippen LogP contribution in [0.1, 0.15) is 114 Å². The summed E-state index contributed by atoms with van der Waals surface area (Å²) in [5.41, 5.74) is 3.59. The molecule has 6 fully saturated rings. The summed E-state index contributed by atoms with van der Waals surface area (Å²) in [4.78, 5) is 58.8. The second-order valence-electron chi connectivity index (χ2n) is 24.7. The fourth-order valence-electron chi connectivity index (χ4n) is 12.1. The lowest BCUT2D eigenvalue weighted by Gasteiger charge is -2.32. The smallest absolute Gasteiger partial charge is 0.443 e. The van der Waals surface area contributed by atoms with Crippen LogP contribution >= 0.6 is 0 Å². The third-order valence-electron chi connectivity index (χ3n) is 17.4. The number of aliphatic hydroxyl groups excluding tert-OH is 2. The van der Waals surface area contributed by atoms with Crippen molar-refractivity contribution in [3.63, 3.8) is 0 Å². The molecule has 5 aromatic rings. The summed E-state index contributed by atoms with van der Waals surface area (Å²) >= 11 is 0.